The molecule has 0 bridgehead atoms. The summed E-state index contributed by atoms with van der Waals surface area (Å²) in [5, 5.41) is 2.76. The topological polar surface area (TPSA) is 64.6 Å². The molecule has 1 spiro atoms. The third-order valence-electron chi connectivity index (χ3n) is 4.01. The minimum absolute atomic E-state index is 0.304. The van der Waals surface area contributed by atoms with Gasteiger partial charge in [-0.1, -0.05) is 24.8 Å². The van der Waals surface area contributed by atoms with E-state index in [1.807, 2.05) is 18.2 Å². The Morgan fingerprint density at radius 3 is 2.80 bits per heavy atom. The molecule has 1 amide bonds. The quantitative estimate of drug-likeness (QED) is 0.648. The van der Waals surface area contributed by atoms with Crippen LogP contribution in [0, 0.1) is 0 Å². The highest BCUT2D eigenvalue weighted by Crippen LogP contribution is 2.47. The molecule has 0 radical (unpaired) electrons. The second-order valence-electron chi connectivity index (χ2n) is 5.01. The minimum atomic E-state index is -1.04. The van der Waals surface area contributed by atoms with Gasteiger partial charge in [0.15, 0.2) is 5.54 Å². The molecule has 20 heavy (non-hydrogen) atoms. The number of esters is 1. The van der Waals surface area contributed by atoms with Crippen LogP contribution in [0.25, 0.3) is 0 Å². The van der Waals surface area contributed by atoms with E-state index in [0.717, 1.165) is 5.56 Å². The second kappa shape index (κ2) is 4.37. The summed E-state index contributed by atoms with van der Waals surface area (Å²) in [6.45, 7) is 4.15. The molecule has 5 nitrogen and oxygen atoms in total. The summed E-state index contributed by atoms with van der Waals surface area (Å²) < 4.78 is 10.4. The number of methoxy groups -OCH3 is 1. The number of hydrogen-bond donors (Lipinski definition) is 1. The van der Waals surface area contributed by atoms with Gasteiger partial charge < -0.3 is 14.8 Å². The normalized spacial score (nSPS) is 28.6. The zero-order valence-corrected chi connectivity index (χ0v) is 11.1. The predicted molar refractivity (Wildman–Crippen MR) is 71.3 cm³/mol. The first-order chi connectivity index (χ1) is 9.60. The molecule has 2 heterocycles. The molecule has 2 atom stereocenters. The van der Waals surface area contributed by atoms with Crippen molar-refractivity contribution in [2.45, 2.75) is 17.9 Å². The molecule has 2 aliphatic rings. The van der Waals surface area contributed by atoms with Crippen molar-refractivity contribution in [3.05, 3.63) is 42.0 Å². The lowest BCUT2D eigenvalue weighted by molar-refractivity contribution is -0.144. The van der Waals surface area contributed by atoms with Crippen LogP contribution in [-0.4, -0.2) is 31.1 Å². The minimum Gasteiger partial charge on any atom is -0.496 e. The van der Waals surface area contributed by atoms with Crippen LogP contribution < -0.4 is 10.1 Å². The van der Waals surface area contributed by atoms with Crippen molar-refractivity contribution in [3.8, 4) is 5.75 Å². The number of benzene rings is 1. The Labute approximate surface area is 116 Å². The highest BCUT2D eigenvalue weighted by atomic mass is 16.5. The van der Waals surface area contributed by atoms with E-state index in [1.165, 1.54) is 0 Å². The molecule has 2 aliphatic heterocycles. The van der Waals surface area contributed by atoms with E-state index in [9.17, 15) is 9.59 Å². The molecule has 104 valence electrons. The lowest BCUT2D eigenvalue weighted by Gasteiger charge is -2.27. The number of hydrogen-bond acceptors (Lipinski definition) is 4. The lowest BCUT2D eigenvalue weighted by Crippen LogP contribution is -2.49. The van der Waals surface area contributed by atoms with Crippen molar-refractivity contribution >= 4 is 11.9 Å². The second-order valence-corrected chi connectivity index (χ2v) is 5.01. The highest BCUT2D eigenvalue weighted by Gasteiger charge is 2.59. The molecule has 1 N–H and O–H groups in total. The molecule has 2 fully saturated rings. The molecule has 2 saturated heterocycles. The van der Waals surface area contributed by atoms with Gasteiger partial charge in [-0.15, -0.1) is 0 Å². The number of carbonyl (C=O) groups excluding carboxylic acids is 2. The van der Waals surface area contributed by atoms with Crippen LogP contribution in [0.2, 0.25) is 0 Å². The average Bonchev–Trinajstić information content (AvgIpc) is 2.92. The van der Waals surface area contributed by atoms with Gasteiger partial charge in [-0.3, -0.25) is 4.79 Å². The number of ether oxygens (including phenoxy) is 2. The Morgan fingerprint density at radius 2 is 2.15 bits per heavy atom. The number of carbonyl (C=O) groups is 2. The van der Waals surface area contributed by atoms with E-state index < -0.39 is 17.4 Å². The maximum Gasteiger partial charge on any atom is 0.333 e. The van der Waals surface area contributed by atoms with Crippen LogP contribution in [0.15, 0.2) is 36.4 Å². The fourth-order valence-corrected chi connectivity index (χ4v) is 3.05. The average molecular weight is 273 g/mol. The Kier molecular flexibility index (Phi) is 2.78. The van der Waals surface area contributed by atoms with E-state index >= 15 is 0 Å². The summed E-state index contributed by atoms with van der Waals surface area (Å²) in [5.74, 6) is -0.532. The number of cyclic esters (lactones) is 1. The lowest BCUT2D eigenvalue weighted by atomic mass is 9.77. The van der Waals surface area contributed by atoms with E-state index in [2.05, 4.69) is 11.9 Å². The SMILES string of the molecule is C=C1C(=O)N[C@@]2(CCOC2=O)[C@@H]1c1ccccc1OC. The van der Waals surface area contributed by atoms with Crippen LogP contribution in [0.1, 0.15) is 17.9 Å². The van der Waals surface area contributed by atoms with Crippen LogP contribution in [0.5, 0.6) is 5.75 Å². The number of rotatable bonds is 2. The molecule has 0 saturated carbocycles. The summed E-state index contributed by atoms with van der Waals surface area (Å²) in [5.41, 5.74) is 0.105. The van der Waals surface area contributed by atoms with Gasteiger partial charge in [0, 0.05) is 17.6 Å². The van der Waals surface area contributed by atoms with Gasteiger partial charge in [-0.05, 0) is 6.07 Å². The van der Waals surface area contributed by atoms with Crippen LogP contribution >= 0.6 is 0 Å². The number of amides is 1. The van der Waals surface area contributed by atoms with Gasteiger partial charge in [0.1, 0.15) is 5.75 Å². The van der Waals surface area contributed by atoms with Crippen molar-refractivity contribution in [1.29, 1.82) is 0 Å². The van der Waals surface area contributed by atoms with E-state index in [1.54, 1.807) is 13.2 Å². The Bertz CT molecular complexity index is 610. The zero-order valence-electron chi connectivity index (χ0n) is 11.1. The molecule has 5 heteroatoms. The van der Waals surface area contributed by atoms with Gasteiger partial charge in [-0.25, -0.2) is 4.79 Å². The summed E-state index contributed by atoms with van der Waals surface area (Å²) in [6, 6.07) is 7.35. The summed E-state index contributed by atoms with van der Waals surface area (Å²) >= 11 is 0. The largest absolute Gasteiger partial charge is 0.496 e. The summed E-state index contributed by atoms with van der Waals surface area (Å²) in [7, 11) is 1.56. The van der Waals surface area contributed by atoms with Gasteiger partial charge in [-0.2, -0.15) is 0 Å². The summed E-state index contributed by atoms with van der Waals surface area (Å²) in [6.07, 6.45) is 0.444. The van der Waals surface area contributed by atoms with E-state index in [-0.39, 0.29) is 5.91 Å². The van der Waals surface area contributed by atoms with E-state index in [4.69, 9.17) is 9.47 Å². The molecule has 1 aromatic carbocycles. The van der Waals surface area contributed by atoms with Crippen molar-refractivity contribution in [2.75, 3.05) is 13.7 Å². The number of nitrogens with one attached hydrogen (secondary N) is 1. The molecule has 1 aromatic rings. The monoisotopic (exact) mass is 273 g/mol. The fourth-order valence-electron chi connectivity index (χ4n) is 3.05. The maximum absolute atomic E-state index is 12.2. The van der Waals surface area contributed by atoms with Crippen molar-refractivity contribution in [1.82, 2.24) is 5.32 Å². The molecule has 3 rings (SSSR count). The van der Waals surface area contributed by atoms with Crippen molar-refractivity contribution < 1.29 is 19.1 Å². The zero-order chi connectivity index (χ0) is 14.3. The van der Waals surface area contributed by atoms with Crippen LogP contribution in [0.4, 0.5) is 0 Å². The van der Waals surface area contributed by atoms with Crippen molar-refractivity contribution in [3.63, 3.8) is 0 Å². The molecular weight excluding hydrogens is 258 g/mol. The summed E-state index contributed by atoms with van der Waals surface area (Å²) in [4.78, 5) is 24.2. The molecular formula is C15H15NO4. The van der Waals surface area contributed by atoms with Gasteiger partial charge in [0.05, 0.1) is 19.6 Å². The van der Waals surface area contributed by atoms with Crippen molar-refractivity contribution in [2.24, 2.45) is 0 Å². The third-order valence-corrected chi connectivity index (χ3v) is 4.01. The molecule has 0 aliphatic carbocycles. The van der Waals surface area contributed by atoms with Gasteiger partial charge >= 0.3 is 5.97 Å². The Hall–Kier alpha value is -2.30. The maximum atomic E-state index is 12.2. The highest BCUT2D eigenvalue weighted by molar-refractivity contribution is 6.05. The fraction of sp³-hybridized carbons (Fsp3) is 0.333. The van der Waals surface area contributed by atoms with E-state index in [0.29, 0.717) is 24.4 Å². The van der Waals surface area contributed by atoms with Crippen LogP contribution in [0.3, 0.4) is 0 Å². The van der Waals surface area contributed by atoms with Gasteiger partial charge in [0.25, 0.3) is 0 Å². The first-order valence-corrected chi connectivity index (χ1v) is 6.41. The third kappa shape index (κ3) is 1.56. The predicted octanol–water partition coefficient (Wildman–Crippen LogP) is 1.15. The molecule has 0 unspecified atom stereocenters. The Morgan fingerprint density at radius 1 is 1.40 bits per heavy atom. The van der Waals surface area contributed by atoms with Crippen LogP contribution in [-0.2, 0) is 14.3 Å². The standard InChI is InChI=1S/C15H15NO4/c1-9-12(10-5-3-4-6-11(10)19-2)15(16-13(9)17)7-8-20-14(15)18/h3-6,12H,1,7-8H2,2H3,(H,16,17)/t12-,15-/m0/s1. The number of para-hydroxylation sites is 1. The smallest absolute Gasteiger partial charge is 0.333 e. The first-order valence-electron chi connectivity index (χ1n) is 6.41. The van der Waals surface area contributed by atoms with Gasteiger partial charge in [0.2, 0.25) is 5.91 Å². The molecule has 0 aromatic heterocycles. The Balaban J connectivity index is 2.16. The first kappa shape index (κ1) is 12.7.